The number of carbonyl (C=O) groups excluding carboxylic acids is 1. The lowest BCUT2D eigenvalue weighted by Gasteiger charge is -2.21. The van der Waals surface area contributed by atoms with Gasteiger partial charge in [0.1, 0.15) is 5.78 Å². The molecule has 0 fully saturated rings. The minimum atomic E-state index is 0.283. The van der Waals surface area contributed by atoms with Gasteiger partial charge in [0.2, 0.25) is 0 Å². The van der Waals surface area contributed by atoms with Crippen molar-refractivity contribution in [3.63, 3.8) is 0 Å². The van der Waals surface area contributed by atoms with Crippen LogP contribution in [-0.2, 0) is 11.2 Å². The average Bonchev–Trinajstić information content (AvgIpc) is 2.34. The lowest BCUT2D eigenvalue weighted by atomic mass is 10.1. The molecule has 0 heterocycles. The lowest BCUT2D eigenvalue weighted by molar-refractivity contribution is -0.117. The molecule has 0 spiro atoms. The summed E-state index contributed by atoms with van der Waals surface area (Å²) in [4.78, 5) is 13.4. The van der Waals surface area contributed by atoms with E-state index in [1.54, 1.807) is 6.92 Å². The van der Waals surface area contributed by atoms with Crippen molar-refractivity contribution in [2.24, 2.45) is 0 Å². The maximum Gasteiger partial charge on any atom is 0.131 e. The summed E-state index contributed by atoms with van der Waals surface area (Å²) < 4.78 is 0. The second-order valence-electron chi connectivity index (χ2n) is 4.53. The van der Waals surface area contributed by atoms with Crippen LogP contribution in [0.25, 0.3) is 0 Å². The van der Waals surface area contributed by atoms with E-state index in [1.165, 1.54) is 5.56 Å². The van der Waals surface area contributed by atoms with Crippen molar-refractivity contribution in [1.29, 1.82) is 0 Å². The molecule has 1 aromatic rings. The molecule has 0 saturated carbocycles. The van der Waals surface area contributed by atoms with E-state index in [1.807, 2.05) is 6.07 Å². The van der Waals surface area contributed by atoms with E-state index in [2.05, 4.69) is 36.1 Å². The molecule has 0 atom stereocenters. The number of hydrogen-bond donors (Lipinski definition) is 0. The molecule has 1 rings (SSSR count). The summed E-state index contributed by atoms with van der Waals surface area (Å²) in [6, 6.07) is 10.5. The van der Waals surface area contributed by atoms with Crippen molar-refractivity contribution in [1.82, 2.24) is 4.90 Å². The van der Waals surface area contributed by atoms with Crippen molar-refractivity contribution in [3.8, 4) is 0 Å². The molecule has 2 heteroatoms. The zero-order valence-corrected chi connectivity index (χ0v) is 11.0. The van der Waals surface area contributed by atoms with Gasteiger partial charge in [0.25, 0.3) is 0 Å². The number of Topliss-reactive ketones (excluding diaryl/α,β-unsaturated/α-hetero) is 1. The fourth-order valence-electron chi connectivity index (χ4n) is 1.90. The Morgan fingerprint density at radius 1 is 1.12 bits per heavy atom. The number of rotatable bonds is 8. The summed E-state index contributed by atoms with van der Waals surface area (Å²) in [6.45, 7) is 6.88. The maximum absolute atomic E-state index is 11.0. The fourth-order valence-corrected chi connectivity index (χ4v) is 1.90. The third-order valence-electron chi connectivity index (χ3n) is 2.88. The molecule has 17 heavy (non-hydrogen) atoms. The van der Waals surface area contributed by atoms with Crippen LogP contribution >= 0.6 is 0 Å². The molecule has 94 valence electrons. The van der Waals surface area contributed by atoms with Crippen molar-refractivity contribution >= 4 is 5.78 Å². The highest BCUT2D eigenvalue weighted by Gasteiger charge is 2.05. The summed E-state index contributed by atoms with van der Waals surface area (Å²) in [7, 11) is 0. The summed E-state index contributed by atoms with van der Waals surface area (Å²) in [5.74, 6) is 0.283. The lowest BCUT2D eigenvalue weighted by Crippen LogP contribution is -2.29. The average molecular weight is 233 g/mol. The van der Waals surface area contributed by atoms with Crippen LogP contribution in [0.1, 0.15) is 32.3 Å². The van der Waals surface area contributed by atoms with Crippen LogP contribution in [0.15, 0.2) is 30.3 Å². The van der Waals surface area contributed by atoms with Crippen LogP contribution in [0.4, 0.5) is 0 Å². The van der Waals surface area contributed by atoms with Gasteiger partial charge >= 0.3 is 0 Å². The van der Waals surface area contributed by atoms with E-state index in [9.17, 15) is 4.79 Å². The van der Waals surface area contributed by atoms with Crippen LogP contribution in [-0.4, -0.2) is 30.3 Å². The first-order valence-electron chi connectivity index (χ1n) is 6.48. The Bertz CT molecular complexity index is 321. The molecule has 0 saturated heterocycles. The Morgan fingerprint density at radius 3 is 2.41 bits per heavy atom. The number of nitrogens with zero attached hydrogens (tertiary/aromatic N) is 1. The Hall–Kier alpha value is -1.15. The Labute approximate surface area is 105 Å². The Kier molecular flexibility index (Phi) is 6.56. The molecule has 0 aliphatic carbocycles. The molecule has 0 radical (unpaired) electrons. The predicted octanol–water partition coefficient (Wildman–Crippen LogP) is 2.92. The number of benzene rings is 1. The van der Waals surface area contributed by atoms with Gasteiger partial charge in [-0.15, -0.1) is 0 Å². The van der Waals surface area contributed by atoms with Gasteiger partial charge < -0.3 is 4.90 Å². The van der Waals surface area contributed by atoms with E-state index >= 15 is 0 Å². The first kappa shape index (κ1) is 13.9. The number of hydrogen-bond acceptors (Lipinski definition) is 2. The van der Waals surface area contributed by atoms with E-state index in [0.29, 0.717) is 6.42 Å². The SMILES string of the molecule is CCCN(CCC(C)=O)CCc1ccccc1. The van der Waals surface area contributed by atoms with Gasteiger partial charge in [-0.1, -0.05) is 37.3 Å². The fraction of sp³-hybridized carbons (Fsp3) is 0.533. The zero-order chi connectivity index (χ0) is 12.5. The largest absolute Gasteiger partial charge is 0.303 e. The summed E-state index contributed by atoms with van der Waals surface area (Å²) >= 11 is 0. The summed E-state index contributed by atoms with van der Waals surface area (Å²) in [5.41, 5.74) is 1.37. The molecule has 1 aromatic carbocycles. The second kappa shape index (κ2) is 8.02. The molecule has 0 aromatic heterocycles. The van der Waals surface area contributed by atoms with Crippen molar-refractivity contribution in [3.05, 3.63) is 35.9 Å². The van der Waals surface area contributed by atoms with E-state index < -0.39 is 0 Å². The molecule has 0 bridgehead atoms. The molecule has 2 nitrogen and oxygen atoms in total. The van der Waals surface area contributed by atoms with E-state index in [0.717, 1.165) is 32.5 Å². The minimum Gasteiger partial charge on any atom is -0.303 e. The molecular weight excluding hydrogens is 210 g/mol. The highest BCUT2D eigenvalue weighted by Crippen LogP contribution is 2.03. The van der Waals surface area contributed by atoms with Gasteiger partial charge in [-0.3, -0.25) is 4.79 Å². The molecule has 0 unspecified atom stereocenters. The molecule has 0 aliphatic rings. The summed E-state index contributed by atoms with van der Waals surface area (Å²) in [6.07, 6.45) is 2.89. The van der Waals surface area contributed by atoms with Gasteiger partial charge in [0.15, 0.2) is 0 Å². The minimum absolute atomic E-state index is 0.283. The smallest absolute Gasteiger partial charge is 0.131 e. The van der Waals surface area contributed by atoms with Crippen LogP contribution in [0, 0.1) is 0 Å². The second-order valence-corrected chi connectivity index (χ2v) is 4.53. The van der Waals surface area contributed by atoms with Crippen molar-refractivity contribution in [2.45, 2.75) is 33.1 Å². The Morgan fingerprint density at radius 2 is 1.82 bits per heavy atom. The monoisotopic (exact) mass is 233 g/mol. The zero-order valence-electron chi connectivity index (χ0n) is 11.0. The normalized spacial score (nSPS) is 10.8. The van der Waals surface area contributed by atoms with Crippen LogP contribution in [0.2, 0.25) is 0 Å². The molecular formula is C15H23NO. The van der Waals surface area contributed by atoms with Crippen molar-refractivity contribution < 1.29 is 4.79 Å². The first-order valence-corrected chi connectivity index (χ1v) is 6.48. The van der Waals surface area contributed by atoms with Crippen LogP contribution in [0.5, 0.6) is 0 Å². The van der Waals surface area contributed by atoms with E-state index in [4.69, 9.17) is 0 Å². The third kappa shape index (κ3) is 6.22. The van der Waals surface area contributed by atoms with Crippen LogP contribution in [0.3, 0.4) is 0 Å². The van der Waals surface area contributed by atoms with E-state index in [-0.39, 0.29) is 5.78 Å². The van der Waals surface area contributed by atoms with Crippen LogP contribution < -0.4 is 0 Å². The predicted molar refractivity (Wildman–Crippen MR) is 72.2 cm³/mol. The molecule has 0 amide bonds. The molecule has 0 aliphatic heterocycles. The Balaban J connectivity index is 2.36. The quantitative estimate of drug-likeness (QED) is 0.688. The third-order valence-corrected chi connectivity index (χ3v) is 2.88. The topological polar surface area (TPSA) is 20.3 Å². The molecule has 0 N–H and O–H groups in total. The van der Waals surface area contributed by atoms with Gasteiger partial charge in [-0.05, 0) is 31.9 Å². The van der Waals surface area contributed by atoms with Gasteiger partial charge in [0.05, 0.1) is 0 Å². The number of ketones is 1. The summed E-state index contributed by atoms with van der Waals surface area (Å²) in [5, 5.41) is 0. The van der Waals surface area contributed by atoms with Gasteiger partial charge in [0, 0.05) is 19.5 Å². The number of carbonyl (C=O) groups is 1. The van der Waals surface area contributed by atoms with Gasteiger partial charge in [-0.25, -0.2) is 0 Å². The van der Waals surface area contributed by atoms with Gasteiger partial charge in [-0.2, -0.15) is 0 Å². The maximum atomic E-state index is 11.0. The highest BCUT2D eigenvalue weighted by atomic mass is 16.1. The van der Waals surface area contributed by atoms with Crippen molar-refractivity contribution in [2.75, 3.05) is 19.6 Å². The standard InChI is InChI=1S/C15H23NO/c1-3-11-16(12-9-14(2)17)13-10-15-7-5-4-6-8-15/h4-8H,3,9-13H2,1-2H3. The first-order chi connectivity index (χ1) is 8.22. The highest BCUT2D eigenvalue weighted by molar-refractivity contribution is 5.75.